The van der Waals surface area contributed by atoms with Gasteiger partial charge in [-0.25, -0.2) is 0 Å². The van der Waals surface area contributed by atoms with Gasteiger partial charge < -0.3 is 4.74 Å². The van der Waals surface area contributed by atoms with Crippen LogP contribution >= 0.6 is 27.5 Å². The standard InChI is InChI=1S/C15H14BrClO/c1-10-3-5-15(13(17)7-10)18-14-6-4-12(9-16)8-11(14)2/h3-8H,9H2,1-2H3. The third-order valence-electron chi connectivity index (χ3n) is 2.70. The van der Waals surface area contributed by atoms with Gasteiger partial charge in [0.05, 0.1) is 5.02 Å². The van der Waals surface area contributed by atoms with E-state index in [-0.39, 0.29) is 0 Å². The van der Waals surface area contributed by atoms with Crippen molar-refractivity contribution in [3.8, 4) is 11.5 Å². The van der Waals surface area contributed by atoms with Crippen LogP contribution in [0.3, 0.4) is 0 Å². The lowest BCUT2D eigenvalue weighted by atomic mass is 10.1. The van der Waals surface area contributed by atoms with E-state index in [1.807, 2.05) is 44.2 Å². The molecule has 0 bridgehead atoms. The molecule has 0 saturated carbocycles. The van der Waals surface area contributed by atoms with Gasteiger partial charge >= 0.3 is 0 Å². The van der Waals surface area contributed by atoms with E-state index in [4.69, 9.17) is 16.3 Å². The predicted octanol–water partition coefficient (Wildman–Crippen LogP) is 5.64. The van der Waals surface area contributed by atoms with Crippen molar-refractivity contribution >= 4 is 27.5 Å². The van der Waals surface area contributed by atoms with Crippen LogP contribution in [0.15, 0.2) is 36.4 Å². The van der Waals surface area contributed by atoms with Crippen molar-refractivity contribution in [1.29, 1.82) is 0 Å². The van der Waals surface area contributed by atoms with Gasteiger partial charge in [0, 0.05) is 5.33 Å². The van der Waals surface area contributed by atoms with Crippen LogP contribution in [-0.2, 0) is 5.33 Å². The van der Waals surface area contributed by atoms with Crippen LogP contribution < -0.4 is 4.74 Å². The fraction of sp³-hybridized carbons (Fsp3) is 0.200. The highest BCUT2D eigenvalue weighted by Gasteiger charge is 2.06. The molecule has 0 fully saturated rings. The molecule has 2 aromatic carbocycles. The Bertz CT molecular complexity index is 566. The van der Waals surface area contributed by atoms with Crippen LogP contribution in [0.25, 0.3) is 0 Å². The summed E-state index contributed by atoms with van der Waals surface area (Å²) in [7, 11) is 0. The van der Waals surface area contributed by atoms with Crippen molar-refractivity contribution in [2.75, 3.05) is 0 Å². The average Bonchev–Trinajstić information content (AvgIpc) is 2.34. The lowest BCUT2D eigenvalue weighted by molar-refractivity contribution is 0.479. The summed E-state index contributed by atoms with van der Waals surface area (Å²) in [6, 6.07) is 11.9. The van der Waals surface area contributed by atoms with E-state index in [0.717, 1.165) is 22.2 Å². The number of aryl methyl sites for hydroxylation is 2. The van der Waals surface area contributed by atoms with Crippen LogP contribution in [-0.4, -0.2) is 0 Å². The molecule has 3 heteroatoms. The molecule has 0 saturated heterocycles. The Kier molecular flexibility index (Phi) is 4.31. The topological polar surface area (TPSA) is 9.23 Å². The number of halogens is 2. The van der Waals surface area contributed by atoms with Crippen molar-refractivity contribution < 1.29 is 4.74 Å². The molecule has 0 amide bonds. The minimum Gasteiger partial charge on any atom is -0.456 e. The third-order valence-corrected chi connectivity index (χ3v) is 3.64. The Hall–Kier alpha value is -0.990. The Morgan fingerprint density at radius 3 is 2.39 bits per heavy atom. The summed E-state index contributed by atoms with van der Waals surface area (Å²) in [5.41, 5.74) is 3.46. The maximum atomic E-state index is 6.16. The maximum absolute atomic E-state index is 6.16. The van der Waals surface area contributed by atoms with Crippen LogP contribution in [0.4, 0.5) is 0 Å². The average molecular weight is 326 g/mol. The van der Waals surface area contributed by atoms with Crippen molar-refractivity contribution in [2.45, 2.75) is 19.2 Å². The fourth-order valence-corrected chi connectivity index (χ4v) is 2.34. The van der Waals surface area contributed by atoms with Gasteiger partial charge in [-0.15, -0.1) is 0 Å². The highest BCUT2D eigenvalue weighted by molar-refractivity contribution is 9.08. The van der Waals surface area contributed by atoms with Crippen molar-refractivity contribution in [3.63, 3.8) is 0 Å². The molecule has 0 aliphatic heterocycles. The predicted molar refractivity (Wildman–Crippen MR) is 80.1 cm³/mol. The van der Waals surface area contributed by atoms with Gasteiger partial charge in [-0.2, -0.15) is 0 Å². The van der Waals surface area contributed by atoms with E-state index in [2.05, 4.69) is 22.0 Å². The molecule has 0 unspecified atom stereocenters. The number of rotatable bonds is 3. The lowest BCUT2D eigenvalue weighted by Crippen LogP contribution is -1.90. The van der Waals surface area contributed by atoms with E-state index in [1.54, 1.807) is 0 Å². The molecule has 0 aliphatic carbocycles. The smallest absolute Gasteiger partial charge is 0.146 e. The first-order valence-corrected chi connectivity index (χ1v) is 7.19. The molecule has 2 rings (SSSR count). The van der Waals surface area contributed by atoms with Crippen molar-refractivity contribution in [3.05, 3.63) is 58.1 Å². The normalized spacial score (nSPS) is 10.4. The second kappa shape index (κ2) is 5.77. The zero-order valence-corrected chi connectivity index (χ0v) is 12.7. The molecule has 0 heterocycles. The Morgan fingerprint density at radius 2 is 1.78 bits per heavy atom. The fourth-order valence-electron chi connectivity index (χ4n) is 1.72. The SMILES string of the molecule is Cc1ccc(Oc2ccc(CBr)cc2C)c(Cl)c1. The number of benzene rings is 2. The van der Waals surface area contributed by atoms with E-state index in [0.29, 0.717) is 10.8 Å². The number of hydrogen-bond acceptors (Lipinski definition) is 1. The second-order valence-electron chi connectivity index (χ2n) is 4.27. The minimum absolute atomic E-state index is 0.638. The van der Waals surface area contributed by atoms with Gasteiger partial charge in [0.2, 0.25) is 0 Å². The summed E-state index contributed by atoms with van der Waals surface area (Å²) < 4.78 is 5.85. The molecule has 2 aromatic rings. The summed E-state index contributed by atoms with van der Waals surface area (Å²) >= 11 is 9.60. The Morgan fingerprint density at radius 1 is 1.06 bits per heavy atom. The first-order valence-electron chi connectivity index (χ1n) is 5.69. The molecule has 0 N–H and O–H groups in total. The van der Waals surface area contributed by atoms with E-state index >= 15 is 0 Å². The zero-order valence-electron chi connectivity index (χ0n) is 10.3. The van der Waals surface area contributed by atoms with Crippen LogP contribution in [0, 0.1) is 13.8 Å². The quantitative estimate of drug-likeness (QED) is 0.663. The van der Waals surface area contributed by atoms with Gasteiger partial charge in [0.1, 0.15) is 11.5 Å². The molecule has 0 atom stereocenters. The number of hydrogen-bond donors (Lipinski definition) is 0. The summed E-state index contributed by atoms with van der Waals surface area (Å²) in [6.07, 6.45) is 0. The van der Waals surface area contributed by atoms with Crippen molar-refractivity contribution in [2.24, 2.45) is 0 Å². The molecule has 1 nitrogen and oxygen atoms in total. The monoisotopic (exact) mass is 324 g/mol. The highest BCUT2D eigenvalue weighted by Crippen LogP contribution is 2.32. The number of alkyl halides is 1. The minimum atomic E-state index is 0.638. The van der Waals surface area contributed by atoms with Gasteiger partial charge in [-0.1, -0.05) is 45.7 Å². The Labute approximate surface area is 121 Å². The highest BCUT2D eigenvalue weighted by atomic mass is 79.9. The first-order chi connectivity index (χ1) is 8.60. The van der Waals surface area contributed by atoms with Crippen LogP contribution in [0.5, 0.6) is 11.5 Å². The maximum Gasteiger partial charge on any atom is 0.146 e. The molecule has 0 radical (unpaired) electrons. The van der Waals surface area contributed by atoms with Crippen molar-refractivity contribution in [1.82, 2.24) is 0 Å². The Balaban J connectivity index is 2.28. The van der Waals surface area contributed by atoms with Gasteiger partial charge in [-0.05, 0) is 48.7 Å². The first kappa shape index (κ1) is 13.4. The van der Waals surface area contributed by atoms with Gasteiger partial charge in [-0.3, -0.25) is 0 Å². The van der Waals surface area contributed by atoms with Crippen LogP contribution in [0.2, 0.25) is 5.02 Å². The molecule has 0 aromatic heterocycles. The van der Waals surface area contributed by atoms with Gasteiger partial charge in [0.25, 0.3) is 0 Å². The largest absolute Gasteiger partial charge is 0.456 e. The molecule has 18 heavy (non-hydrogen) atoms. The zero-order chi connectivity index (χ0) is 13.1. The van der Waals surface area contributed by atoms with E-state index in [9.17, 15) is 0 Å². The molecule has 0 spiro atoms. The summed E-state index contributed by atoms with van der Waals surface area (Å²) in [6.45, 7) is 4.04. The second-order valence-corrected chi connectivity index (χ2v) is 5.24. The molecule has 0 aliphatic rings. The summed E-state index contributed by atoms with van der Waals surface area (Å²) in [5.74, 6) is 1.53. The molecular weight excluding hydrogens is 312 g/mol. The van der Waals surface area contributed by atoms with Gasteiger partial charge in [0.15, 0.2) is 0 Å². The summed E-state index contributed by atoms with van der Waals surface area (Å²) in [5, 5.41) is 1.48. The third kappa shape index (κ3) is 3.06. The van der Waals surface area contributed by atoms with Crippen LogP contribution in [0.1, 0.15) is 16.7 Å². The number of ether oxygens (including phenoxy) is 1. The molecule has 94 valence electrons. The van der Waals surface area contributed by atoms with E-state index in [1.165, 1.54) is 5.56 Å². The molecular formula is C15H14BrClO. The van der Waals surface area contributed by atoms with E-state index < -0.39 is 0 Å². The summed E-state index contributed by atoms with van der Waals surface area (Å²) in [4.78, 5) is 0. The lowest BCUT2D eigenvalue weighted by Gasteiger charge is -2.11.